The molecular weight excluding hydrogens is 374 g/mol. The zero-order valence-corrected chi connectivity index (χ0v) is 20.0. The first-order valence-electron chi connectivity index (χ1n) is 13.1. The molecule has 30 heavy (non-hydrogen) atoms. The smallest absolute Gasteiger partial charge is 0.328 e. The maximum atomic E-state index is 12.1. The van der Waals surface area contributed by atoms with Crippen molar-refractivity contribution >= 4 is 11.9 Å². The van der Waals surface area contributed by atoms with Crippen LogP contribution in [0.15, 0.2) is 0 Å². The predicted octanol–water partition coefficient (Wildman–Crippen LogP) is 7.10. The maximum absolute atomic E-state index is 12.1. The van der Waals surface area contributed by atoms with Crippen LogP contribution < -0.4 is 5.32 Å². The first kappa shape index (κ1) is 27.0. The highest BCUT2D eigenvalue weighted by Crippen LogP contribution is 2.24. The molecule has 0 aromatic carbocycles. The van der Waals surface area contributed by atoms with Gasteiger partial charge in [0.25, 0.3) is 0 Å². The van der Waals surface area contributed by atoms with E-state index in [1.807, 2.05) is 0 Å². The summed E-state index contributed by atoms with van der Waals surface area (Å²) in [6, 6.07) is -0.533. The third-order valence-electron chi connectivity index (χ3n) is 6.43. The van der Waals surface area contributed by atoms with Gasteiger partial charge in [-0.05, 0) is 26.2 Å². The fourth-order valence-corrected chi connectivity index (χ4v) is 4.35. The third-order valence-corrected chi connectivity index (χ3v) is 6.43. The quantitative estimate of drug-likeness (QED) is 0.178. The zero-order valence-electron chi connectivity index (χ0n) is 20.0. The summed E-state index contributed by atoms with van der Waals surface area (Å²) in [6.07, 6.45) is 24.0. The number of unbranched alkanes of at least 4 members (excludes halogenated alkanes) is 14. The molecule has 1 saturated carbocycles. The van der Waals surface area contributed by atoms with Gasteiger partial charge in [-0.2, -0.15) is 0 Å². The van der Waals surface area contributed by atoms with Gasteiger partial charge in [0.15, 0.2) is 0 Å². The Bertz CT molecular complexity index is 432. The minimum atomic E-state index is -0.533. The number of esters is 1. The minimum absolute atomic E-state index is 0.0175. The van der Waals surface area contributed by atoms with Gasteiger partial charge in [-0.15, -0.1) is 0 Å². The molecule has 0 aliphatic heterocycles. The van der Waals surface area contributed by atoms with Gasteiger partial charge >= 0.3 is 5.97 Å². The lowest BCUT2D eigenvalue weighted by Crippen LogP contribution is -2.42. The Morgan fingerprint density at radius 1 is 0.767 bits per heavy atom. The number of amides is 1. The fraction of sp³-hybridized carbons (Fsp3) is 0.923. The second kappa shape index (κ2) is 18.7. The molecule has 1 amide bonds. The van der Waals surface area contributed by atoms with Gasteiger partial charge in [-0.1, -0.05) is 110 Å². The average molecular weight is 424 g/mol. The molecule has 1 unspecified atom stereocenters. The van der Waals surface area contributed by atoms with Crippen LogP contribution in [-0.4, -0.2) is 24.5 Å². The van der Waals surface area contributed by atoms with E-state index < -0.39 is 6.04 Å². The lowest BCUT2D eigenvalue weighted by Gasteiger charge is -2.16. The van der Waals surface area contributed by atoms with E-state index in [1.54, 1.807) is 6.92 Å². The molecule has 176 valence electrons. The molecular formula is C26H49NO3. The zero-order chi connectivity index (χ0) is 21.9. The molecule has 1 aliphatic carbocycles. The van der Waals surface area contributed by atoms with Crippen LogP contribution in [0.1, 0.15) is 136 Å². The summed E-state index contributed by atoms with van der Waals surface area (Å²) in [5.74, 6) is -0.188. The van der Waals surface area contributed by atoms with Crippen molar-refractivity contribution in [1.29, 1.82) is 0 Å². The lowest BCUT2D eigenvalue weighted by atomic mass is 10.0. The Balaban J connectivity index is 1.82. The van der Waals surface area contributed by atoms with Crippen LogP contribution in [0.4, 0.5) is 0 Å². The number of ether oxygens (including phenoxy) is 1. The van der Waals surface area contributed by atoms with Crippen LogP contribution in [0.2, 0.25) is 0 Å². The predicted molar refractivity (Wildman–Crippen MR) is 125 cm³/mol. The van der Waals surface area contributed by atoms with E-state index in [9.17, 15) is 9.59 Å². The molecule has 0 bridgehead atoms. The maximum Gasteiger partial charge on any atom is 0.328 e. The van der Waals surface area contributed by atoms with E-state index >= 15 is 0 Å². The van der Waals surface area contributed by atoms with E-state index in [1.165, 1.54) is 83.5 Å². The second-order valence-corrected chi connectivity index (χ2v) is 9.33. The van der Waals surface area contributed by atoms with Gasteiger partial charge in [0, 0.05) is 5.92 Å². The van der Waals surface area contributed by atoms with E-state index in [4.69, 9.17) is 4.74 Å². The van der Waals surface area contributed by atoms with Gasteiger partial charge < -0.3 is 10.1 Å². The Hall–Kier alpha value is -1.06. The summed E-state index contributed by atoms with van der Waals surface area (Å²) < 4.78 is 5.33. The molecule has 0 aromatic rings. The molecule has 0 aromatic heterocycles. The number of hydrogen-bond donors (Lipinski definition) is 1. The van der Waals surface area contributed by atoms with Gasteiger partial charge in [0.2, 0.25) is 5.91 Å². The Kier molecular flexibility index (Phi) is 16.8. The first-order valence-corrected chi connectivity index (χ1v) is 13.1. The van der Waals surface area contributed by atoms with Crippen molar-refractivity contribution < 1.29 is 14.3 Å². The van der Waals surface area contributed by atoms with Crippen molar-refractivity contribution in [3.63, 3.8) is 0 Å². The SMILES string of the molecule is CCCCCCCCCCCCCCCCCOC(=O)C(C)NC(=O)C1CCCC1. The van der Waals surface area contributed by atoms with E-state index in [0.717, 1.165) is 38.5 Å². The van der Waals surface area contributed by atoms with Crippen molar-refractivity contribution in [3.05, 3.63) is 0 Å². The Morgan fingerprint density at radius 2 is 1.20 bits per heavy atom. The molecule has 1 N–H and O–H groups in total. The Morgan fingerprint density at radius 3 is 1.67 bits per heavy atom. The van der Waals surface area contributed by atoms with Gasteiger partial charge in [0.1, 0.15) is 6.04 Å². The van der Waals surface area contributed by atoms with E-state index in [-0.39, 0.29) is 17.8 Å². The van der Waals surface area contributed by atoms with Crippen LogP contribution in [-0.2, 0) is 14.3 Å². The van der Waals surface area contributed by atoms with Crippen LogP contribution in [0.25, 0.3) is 0 Å². The van der Waals surface area contributed by atoms with Crippen molar-refractivity contribution in [3.8, 4) is 0 Å². The Labute approximate surface area is 186 Å². The topological polar surface area (TPSA) is 55.4 Å². The van der Waals surface area contributed by atoms with Crippen molar-refractivity contribution in [2.45, 2.75) is 142 Å². The summed E-state index contributed by atoms with van der Waals surface area (Å²) in [5.41, 5.74) is 0. The van der Waals surface area contributed by atoms with Crippen LogP contribution in [0, 0.1) is 5.92 Å². The summed E-state index contributed by atoms with van der Waals surface area (Å²) >= 11 is 0. The van der Waals surface area contributed by atoms with E-state index in [0.29, 0.717) is 6.61 Å². The summed E-state index contributed by atoms with van der Waals surface area (Å²) in [7, 11) is 0. The van der Waals surface area contributed by atoms with Crippen LogP contribution in [0.5, 0.6) is 0 Å². The molecule has 4 heteroatoms. The van der Waals surface area contributed by atoms with Crippen molar-refractivity contribution in [2.24, 2.45) is 5.92 Å². The highest BCUT2D eigenvalue weighted by atomic mass is 16.5. The molecule has 1 atom stereocenters. The summed E-state index contributed by atoms with van der Waals surface area (Å²) in [6.45, 7) is 4.47. The largest absolute Gasteiger partial charge is 0.464 e. The molecule has 0 spiro atoms. The molecule has 1 fully saturated rings. The lowest BCUT2D eigenvalue weighted by molar-refractivity contribution is -0.147. The monoisotopic (exact) mass is 423 g/mol. The van der Waals surface area contributed by atoms with E-state index in [2.05, 4.69) is 12.2 Å². The van der Waals surface area contributed by atoms with Crippen LogP contribution >= 0.6 is 0 Å². The molecule has 1 rings (SSSR count). The van der Waals surface area contributed by atoms with Crippen molar-refractivity contribution in [1.82, 2.24) is 5.32 Å². The summed E-state index contributed by atoms with van der Waals surface area (Å²) in [5, 5.41) is 2.81. The van der Waals surface area contributed by atoms with Gasteiger partial charge in [-0.3, -0.25) is 4.79 Å². The molecule has 4 nitrogen and oxygen atoms in total. The number of hydrogen-bond acceptors (Lipinski definition) is 3. The summed E-state index contributed by atoms with van der Waals surface area (Å²) in [4.78, 5) is 24.1. The number of nitrogens with one attached hydrogen (secondary N) is 1. The van der Waals surface area contributed by atoms with Crippen LogP contribution in [0.3, 0.4) is 0 Å². The number of carbonyl (C=O) groups is 2. The fourth-order valence-electron chi connectivity index (χ4n) is 4.35. The first-order chi connectivity index (χ1) is 14.6. The second-order valence-electron chi connectivity index (χ2n) is 9.33. The average Bonchev–Trinajstić information content (AvgIpc) is 3.28. The number of rotatable bonds is 19. The number of carbonyl (C=O) groups excluding carboxylic acids is 2. The standard InChI is InChI=1S/C26H49NO3/c1-3-4-5-6-7-8-9-10-11-12-13-14-15-16-19-22-30-26(29)23(2)27-25(28)24-20-17-18-21-24/h23-24H,3-22H2,1-2H3,(H,27,28). The van der Waals surface area contributed by atoms with Gasteiger partial charge in [0.05, 0.1) is 6.61 Å². The third kappa shape index (κ3) is 14.0. The normalized spacial score (nSPS) is 15.3. The molecule has 0 radical (unpaired) electrons. The highest BCUT2D eigenvalue weighted by Gasteiger charge is 2.25. The minimum Gasteiger partial charge on any atom is -0.464 e. The molecule has 0 saturated heterocycles. The molecule has 0 heterocycles. The molecule has 1 aliphatic rings. The van der Waals surface area contributed by atoms with Gasteiger partial charge in [-0.25, -0.2) is 4.79 Å². The highest BCUT2D eigenvalue weighted by molar-refractivity contribution is 5.85. The van der Waals surface area contributed by atoms with Crippen molar-refractivity contribution in [2.75, 3.05) is 6.61 Å².